The summed E-state index contributed by atoms with van der Waals surface area (Å²) in [5.74, 6) is 0.0928. The van der Waals surface area contributed by atoms with Crippen LogP contribution in [0.4, 0.5) is 0 Å². The predicted molar refractivity (Wildman–Crippen MR) is 61.2 cm³/mol. The molecule has 92 valence electrons. The Bertz CT molecular complexity index is 426. The average molecular weight is 246 g/mol. The normalized spacial score (nSPS) is 16.3. The van der Waals surface area contributed by atoms with Gasteiger partial charge in [0.25, 0.3) is 10.0 Å². The summed E-state index contributed by atoms with van der Waals surface area (Å²) < 4.78 is 26.5. The van der Waals surface area contributed by atoms with Gasteiger partial charge < -0.3 is 5.73 Å². The van der Waals surface area contributed by atoms with Crippen molar-refractivity contribution in [3.8, 4) is 0 Å². The second kappa shape index (κ2) is 4.52. The minimum atomic E-state index is -3.58. The average Bonchev–Trinajstić information content (AvgIpc) is 2.70. The van der Waals surface area contributed by atoms with Gasteiger partial charge in [0.15, 0.2) is 5.03 Å². The fraction of sp³-hybridized carbons (Fsp3) is 0.667. The molecule has 0 fully saturated rings. The molecule has 0 saturated heterocycles. The monoisotopic (exact) mass is 246 g/mol. The van der Waals surface area contributed by atoms with Crippen LogP contribution in [0.25, 0.3) is 0 Å². The minimum absolute atomic E-state index is 0.0489. The molecule has 4 N–H and O–H groups in total. The highest BCUT2D eigenvalue weighted by Crippen LogP contribution is 2.18. The van der Waals surface area contributed by atoms with Crippen LogP contribution >= 0.6 is 0 Å². The SMILES string of the molecule is CC(C)C(C)(CN)NS(=O)(=O)c1ccn[nH]1. The molecule has 1 unspecified atom stereocenters. The molecule has 0 saturated carbocycles. The van der Waals surface area contributed by atoms with Gasteiger partial charge in [-0.2, -0.15) is 5.10 Å². The van der Waals surface area contributed by atoms with Crippen molar-refractivity contribution in [3.63, 3.8) is 0 Å². The zero-order chi connectivity index (χ0) is 12.4. The summed E-state index contributed by atoms with van der Waals surface area (Å²) in [4.78, 5) is 0. The van der Waals surface area contributed by atoms with Gasteiger partial charge in [0.1, 0.15) is 0 Å². The van der Waals surface area contributed by atoms with E-state index in [0.717, 1.165) is 0 Å². The number of hydrogen-bond acceptors (Lipinski definition) is 4. The van der Waals surface area contributed by atoms with Gasteiger partial charge in [-0.3, -0.25) is 5.10 Å². The van der Waals surface area contributed by atoms with Crippen molar-refractivity contribution < 1.29 is 8.42 Å². The number of sulfonamides is 1. The van der Waals surface area contributed by atoms with Crippen LogP contribution in [0.5, 0.6) is 0 Å². The molecule has 1 atom stereocenters. The number of H-pyrrole nitrogens is 1. The molecule has 1 rings (SSSR count). The van der Waals surface area contributed by atoms with E-state index >= 15 is 0 Å². The highest BCUT2D eigenvalue weighted by molar-refractivity contribution is 7.89. The van der Waals surface area contributed by atoms with Crippen molar-refractivity contribution >= 4 is 10.0 Å². The fourth-order valence-corrected chi connectivity index (χ4v) is 2.61. The minimum Gasteiger partial charge on any atom is -0.329 e. The van der Waals surface area contributed by atoms with Crippen LogP contribution in [-0.4, -0.2) is 30.7 Å². The summed E-state index contributed by atoms with van der Waals surface area (Å²) in [5.41, 5.74) is 4.95. The van der Waals surface area contributed by atoms with Crippen molar-refractivity contribution in [1.29, 1.82) is 0 Å². The lowest BCUT2D eigenvalue weighted by molar-refractivity contribution is 0.314. The van der Waals surface area contributed by atoms with Gasteiger partial charge in [0.2, 0.25) is 0 Å². The van der Waals surface area contributed by atoms with Gasteiger partial charge in [-0.1, -0.05) is 13.8 Å². The van der Waals surface area contributed by atoms with Crippen LogP contribution in [-0.2, 0) is 10.0 Å². The van der Waals surface area contributed by atoms with E-state index in [1.165, 1.54) is 12.3 Å². The lowest BCUT2D eigenvalue weighted by atomic mass is 9.90. The molecule has 0 aliphatic heterocycles. The van der Waals surface area contributed by atoms with Gasteiger partial charge >= 0.3 is 0 Å². The van der Waals surface area contributed by atoms with Crippen LogP contribution in [0.15, 0.2) is 17.3 Å². The Balaban J connectivity index is 2.97. The van der Waals surface area contributed by atoms with Crippen molar-refractivity contribution in [3.05, 3.63) is 12.3 Å². The van der Waals surface area contributed by atoms with E-state index in [2.05, 4.69) is 14.9 Å². The third-order valence-corrected chi connectivity index (χ3v) is 4.37. The van der Waals surface area contributed by atoms with Crippen molar-refractivity contribution in [2.24, 2.45) is 11.7 Å². The maximum atomic E-state index is 11.9. The molecule has 7 heteroatoms. The zero-order valence-electron chi connectivity index (χ0n) is 9.69. The van der Waals surface area contributed by atoms with Crippen molar-refractivity contribution in [2.45, 2.75) is 31.3 Å². The molecule has 1 aromatic heterocycles. The van der Waals surface area contributed by atoms with Gasteiger partial charge in [-0.15, -0.1) is 0 Å². The van der Waals surface area contributed by atoms with E-state index in [0.29, 0.717) is 0 Å². The van der Waals surface area contributed by atoms with Crippen LogP contribution in [0.1, 0.15) is 20.8 Å². The molecule has 0 aliphatic carbocycles. The number of nitrogens with zero attached hydrogens (tertiary/aromatic N) is 1. The van der Waals surface area contributed by atoms with Gasteiger partial charge in [0, 0.05) is 12.1 Å². The summed E-state index contributed by atoms with van der Waals surface area (Å²) in [6.45, 7) is 5.86. The molecule has 16 heavy (non-hydrogen) atoms. The Hall–Kier alpha value is -0.920. The van der Waals surface area contributed by atoms with E-state index in [-0.39, 0.29) is 17.5 Å². The Kier molecular flexibility index (Phi) is 3.72. The van der Waals surface area contributed by atoms with Gasteiger partial charge in [0.05, 0.1) is 6.20 Å². The summed E-state index contributed by atoms with van der Waals surface area (Å²) in [6.07, 6.45) is 1.39. The van der Waals surface area contributed by atoms with E-state index in [9.17, 15) is 8.42 Å². The Morgan fingerprint density at radius 3 is 2.62 bits per heavy atom. The molecular formula is C9H18N4O2S. The quantitative estimate of drug-likeness (QED) is 0.684. The highest BCUT2D eigenvalue weighted by Gasteiger charge is 2.32. The van der Waals surface area contributed by atoms with Gasteiger partial charge in [-0.25, -0.2) is 13.1 Å². The van der Waals surface area contributed by atoms with E-state index in [1.54, 1.807) is 6.92 Å². The summed E-state index contributed by atoms with van der Waals surface area (Å²) in [7, 11) is -3.58. The first-order valence-corrected chi connectivity index (χ1v) is 6.53. The summed E-state index contributed by atoms with van der Waals surface area (Å²) in [5, 5.41) is 6.08. The number of rotatable bonds is 5. The Labute approximate surface area is 95.7 Å². The smallest absolute Gasteiger partial charge is 0.258 e. The molecule has 0 radical (unpaired) electrons. The second-order valence-corrected chi connectivity index (χ2v) is 5.95. The lowest BCUT2D eigenvalue weighted by Gasteiger charge is -2.32. The summed E-state index contributed by atoms with van der Waals surface area (Å²) >= 11 is 0. The molecule has 1 heterocycles. The van der Waals surface area contributed by atoms with Crippen LogP contribution in [0.2, 0.25) is 0 Å². The molecule has 1 aromatic rings. The van der Waals surface area contributed by atoms with E-state index < -0.39 is 15.6 Å². The molecular weight excluding hydrogens is 228 g/mol. The molecule has 0 bridgehead atoms. The topological polar surface area (TPSA) is 101 Å². The number of aromatic nitrogens is 2. The molecule has 0 amide bonds. The molecule has 0 spiro atoms. The van der Waals surface area contributed by atoms with Crippen LogP contribution in [0, 0.1) is 5.92 Å². The number of nitrogens with one attached hydrogen (secondary N) is 2. The maximum absolute atomic E-state index is 11.9. The molecule has 6 nitrogen and oxygen atoms in total. The first kappa shape index (κ1) is 13.1. The molecule has 0 aromatic carbocycles. The number of hydrogen-bond donors (Lipinski definition) is 3. The third kappa shape index (κ3) is 2.60. The van der Waals surface area contributed by atoms with Crippen molar-refractivity contribution in [1.82, 2.24) is 14.9 Å². The number of aromatic amines is 1. The fourth-order valence-electron chi connectivity index (χ4n) is 1.15. The standard InChI is InChI=1S/C9H18N4O2S/c1-7(2)9(3,6-10)13-16(14,15)8-4-5-11-12-8/h4-5,7,13H,6,10H2,1-3H3,(H,11,12). The van der Waals surface area contributed by atoms with Crippen molar-refractivity contribution in [2.75, 3.05) is 6.54 Å². The van der Waals surface area contributed by atoms with Crippen LogP contribution < -0.4 is 10.5 Å². The number of nitrogens with two attached hydrogens (primary N) is 1. The van der Waals surface area contributed by atoms with Crippen LogP contribution in [0.3, 0.4) is 0 Å². The maximum Gasteiger partial charge on any atom is 0.258 e. The third-order valence-electron chi connectivity index (χ3n) is 2.83. The Morgan fingerprint density at radius 2 is 2.25 bits per heavy atom. The first-order valence-electron chi connectivity index (χ1n) is 5.05. The largest absolute Gasteiger partial charge is 0.329 e. The lowest BCUT2D eigenvalue weighted by Crippen LogP contribution is -2.54. The zero-order valence-corrected chi connectivity index (χ0v) is 10.5. The Morgan fingerprint density at radius 1 is 1.62 bits per heavy atom. The highest BCUT2D eigenvalue weighted by atomic mass is 32.2. The van der Waals surface area contributed by atoms with E-state index in [4.69, 9.17) is 5.73 Å². The molecule has 0 aliphatic rings. The predicted octanol–water partition coefficient (Wildman–Crippen LogP) is 0.0614. The second-order valence-electron chi connectivity index (χ2n) is 4.30. The van der Waals surface area contributed by atoms with Gasteiger partial charge in [-0.05, 0) is 18.9 Å². The first-order chi connectivity index (χ1) is 7.32. The summed E-state index contributed by atoms with van der Waals surface area (Å²) in [6, 6.07) is 1.40. The van der Waals surface area contributed by atoms with E-state index in [1.807, 2.05) is 13.8 Å².